The number of amides is 1. The largest absolute Gasteiger partial charge is 0.354 e. The van der Waals surface area contributed by atoms with Crippen LogP contribution in [-0.4, -0.2) is 27.3 Å². The molecule has 0 saturated heterocycles. The molecule has 7 heteroatoms. The monoisotopic (exact) mass is 479 g/mol. The first-order chi connectivity index (χ1) is 13.8. The lowest BCUT2D eigenvalue weighted by Crippen LogP contribution is -2.31. The second-order valence-electron chi connectivity index (χ2n) is 7.31. The van der Waals surface area contributed by atoms with Crippen molar-refractivity contribution >= 4 is 33.6 Å². The van der Waals surface area contributed by atoms with Crippen LogP contribution in [0.15, 0.2) is 38.7 Å². The normalized spacial score (nSPS) is 12.0. The smallest absolute Gasteiger partial charge is 0.257 e. The number of rotatable bonds is 10. The van der Waals surface area contributed by atoms with Crippen molar-refractivity contribution in [1.29, 1.82) is 0 Å². The van der Waals surface area contributed by atoms with Gasteiger partial charge in [-0.2, -0.15) is 0 Å². The zero-order valence-electron chi connectivity index (χ0n) is 17.6. The van der Waals surface area contributed by atoms with Gasteiger partial charge in [-0.25, -0.2) is 4.98 Å². The first-order valence-corrected chi connectivity index (χ1v) is 11.8. The van der Waals surface area contributed by atoms with Crippen LogP contribution in [0.25, 0.3) is 0 Å². The highest BCUT2D eigenvalue weighted by Gasteiger charge is 2.13. The summed E-state index contributed by atoms with van der Waals surface area (Å²) in [5.41, 5.74) is 2.62. The Hall–Kier alpha value is -1.60. The number of thioether (sulfide) groups is 1. The molecule has 0 fully saturated rings. The van der Waals surface area contributed by atoms with E-state index in [1.807, 2.05) is 38.1 Å². The first-order valence-electron chi connectivity index (χ1n) is 10.0. The molecular formula is C22H30BrN3O2S. The third-order valence-electron chi connectivity index (χ3n) is 4.89. The second-order valence-corrected chi connectivity index (χ2v) is 9.29. The van der Waals surface area contributed by atoms with Gasteiger partial charge in [0.05, 0.1) is 0 Å². The number of nitrogens with zero attached hydrogens (tertiary/aromatic N) is 2. The SMILES string of the molecule is CCC(C)NC(=O)CCCCSc1nc(C)c(Cc2ccc(Br)cc2)c(=O)n1C. The number of benzene rings is 1. The van der Waals surface area contributed by atoms with Gasteiger partial charge < -0.3 is 5.32 Å². The van der Waals surface area contributed by atoms with Crippen LogP contribution in [0.4, 0.5) is 0 Å². The number of hydrogen-bond acceptors (Lipinski definition) is 4. The van der Waals surface area contributed by atoms with Crippen molar-refractivity contribution in [2.24, 2.45) is 7.05 Å². The molecule has 1 aromatic heterocycles. The molecular weight excluding hydrogens is 450 g/mol. The van der Waals surface area contributed by atoms with Crippen molar-refractivity contribution in [1.82, 2.24) is 14.9 Å². The predicted molar refractivity (Wildman–Crippen MR) is 124 cm³/mol. The minimum absolute atomic E-state index is 0.0100. The van der Waals surface area contributed by atoms with Crippen molar-refractivity contribution in [2.45, 2.75) is 64.1 Å². The lowest BCUT2D eigenvalue weighted by Gasteiger charge is -2.12. The van der Waals surface area contributed by atoms with Gasteiger partial charge in [-0.05, 0) is 50.8 Å². The van der Waals surface area contributed by atoms with E-state index in [4.69, 9.17) is 0 Å². The fourth-order valence-electron chi connectivity index (χ4n) is 2.87. The van der Waals surface area contributed by atoms with Gasteiger partial charge in [-0.15, -0.1) is 0 Å². The molecule has 1 N–H and O–H groups in total. The third-order valence-corrected chi connectivity index (χ3v) is 6.54. The molecule has 0 bridgehead atoms. The number of carbonyl (C=O) groups is 1. The molecule has 2 aromatic rings. The molecule has 0 aliphatic heterocycles. The van der Waals surface area contributed by atoms with E-state index in [0.717, 1.165) is 51.5 Å². The molecule has 0 saturated carbocycles. The van der Waals surface area contributed by atoms with Gasteiger partial charge >= 0.3 is 0 Å². The maximum absolute atomic E-state index is 12.8. The molecule has 0 radical (unpaired) electrons. The Morgan fingerprint density at radius 2 is 1.97 bits per heavy atom. The Balaban J connectivity index is 1.91. The van der Waals surface area contributed by atoms with E-state index in [-0.39, 0.29) is 17.5 Å². The lowest BCUT2D eigenvalue weighted by atomic mass is 10.1. The van der Waals surface area contributed by atoms with Gasteiger partial charge in [-0.1, -0.05) is 46.7 Å². The highest BCUT2D eigenvalue weighted by Crippen LogP contribution is 2.19. The quantitative estimate of drug-likeness (QED) is 0.306. The molecule has 1 heterocycles. The molecule has 1 atom stereocenters. The number of hydrogen-bond donors (Lipinski definition) is 1. The molecule has 0 aliphatic carbocycles. The van der Waals surface area contributed by atoms with Gasteiger partial charge in [0.15, 0.2) is 5.16 Å². The molecule has 5 nitrogen and oxygen atoms in total. The lowest BCUT2D eigenvalue weighted by molar-refractivity contribution is -0.121. The Bertz CT molecular complexity index is 881. The number of halogens is 1. The topological polar surface area (TPSA) is 64.0 Å². The fraction of sp³-hybridized carbons (Fsp3) is 0.500. The molecule has 1 unspecified atom stereocenters. The molecule has 2 rings (SSSR count). The molecule has 1 amide bonds. The van der Waals surface area contributed by atoms with Crippen LogP contribution < -0.4 is 10.9 Å². The number of unbranched alkanes of at least 4 members (excludes halogenated alkanes) is 1. The van der Waals surface area contributed by atoms with Gasteiger partial charge in [-0.3, -0.25) is 14.2 Å². The zero-order valence-corrected chi connectivity index (χ0v) is 20.0. The molecule has 158 valence electrons. The van der Waals surface area contributed by atoms with Crippen LogP contribution in [0.3, 0.4) is 0 Å². The Kier molecular flexibility index (Phi) is 9.43. The van der Waals surface area contributed by atoms with Crippen molar-refractivity contribution in [3.63, 3.8) is 0 Å². The Labute approximate surface area is 185 Å². The number of carbonyl (C=O) groups excluding carboxylic acids is 1. The number of aryl methyl sites for hydroxylation is 1. The first kappa shape index (κ1) is 23.7. The number of nitrogens with one attached hydrogen (secondary N) is 1. The molecule has 0 spiro atoms. The minimum atomic E-state index is 0.0100. The third kappa shape index (κ3) is 7.30. The maximum atomic E-state index is 12.8. The molecule has 1 aromatic carbocycles. The summed E-state index contributed by atoms with van der Waals surface area (Å²) in [5, 5.41) is 3.72. The summed E-state index contributed by atoms with van der Waals surface area (Å²) in [6, 6.07) is 8.23. The minimum Gasteiger partial charge on any atom is -0.354 e. The summed E-state index contributed by atoms with van der Waals surface area (Å²) >= 11 is 5.01. The average Bonchev–Trinajstić information content (AvgIpc) is 2.69. The van der Waals surface area contributed by atoms with Crippen LogP contribution in [0, 0.1) is 6.92 Å². The highest BCUT2D eigenvalue weighted by atomic mass is 79.9. The molecule has 29 heavy (non-hydrogen) atoms. The summed E-state index contributed by atoms with van der Waals surface area (Å²) in [6.07, 6.45) is 3.81. The van der Waals surface area contributed by atoms with Crippen LogP contribution in [0.1, 0.15) is 56.4 Å². The fourth-order valence-corrected chi connectivity index (χ4v) is 4.14. The van der Waals surface area contributed by atoms with E-state index in [9.17, 15) is 9.59 Å². The Morgan fingerprint density at radius 1 is 1.28 bits per heavy atom. The standard InChI is InChI=1S/C22H30BrN3O2S/c1-5-15(2)24-20(27)8-6-7-13-29-22-25-16(3)19(21(28)26(22)4)14-17-9-11-18(23)12-10-17/h9-12,15H,5-8,13-14H2,1-4H3,(H,24,27). The molecule has 0 aliphatic rings. The maximum Gasteiger partial charge on any atom is 0.257 e. The van der Waals surface area contributed by atoms with Crippen molar-refractivity contribution in [3.8, 4) is 0 Å². The van der Waals surface area contributed by atoms with E-state index in [0.29, 0.717) is 12.8 Å². The highest BCUT2D eigenvalue weighted by molar-refractivity contribution is 9.10. The van der Waals surface area contributed by atoms with Gasteiger partial charge in [0.25, 0.3) is 5.56 Å². The van der Waals surface area contributed by atoms with Gasteiger partial charge in [0.1, 0.15) is 0 Å². The van der Waals surface area contributed by atoms with Crippen LogP contribution >= 0.6 is 27.7 Å². The summed E-state index contributed by atoms with van der Waals surface area (Å²) in [5.74, 6) is 0.950. The summed E-state index contributed by atoms with van der Waals surface area (Å²) < 4.78 is 2.66. The van der Waals surface area contributed by atoms with Gasteiger partial charge in [0, 0.05) is 47.4 Å². The second kappa shape index (κ2) is 11.6. The summed E-state index contributed by atoms with van der Waals surface area (Å²) in [4.78, 5) is 29.3. The van der Waals surface area contributed by atoms with Crippen molar-refractivity contribution in [3.05, 3.63) is 55.9 Å². The Morgan fingerprint density at radius 3 is 2.62 bits per heavy atom. The van der Waals surface area contributed by atoms with E-state index in [1.54, 1.807) is 23.4 Å². The van der Waals surface area contributed by atoms with Crippen LogP contribution in [-0.2, 0) is 18.3 Å². The van der Waals surface area contributed by atoms with E-state index < -0.39 is 0 Å². The summed E-state index contributed by atoms with van der Waals surface area (Å²) in [6.45, 7) is 5.98. The summed E-state index contributed by atoms with van der Waals surface area (Å²) in [7, 11) is 1.78. The van der Waals surface area contributed by atoms with E-state index in [2.05, 4.69) is 33.2 Å². The van der Waals surface area contributed by atoms with Crippen molar-refractivity contribution < 1.29 is 4.79 Å². The van der Waals surface area contributed by atoms with E-state index in [1.165, 1.54) is 0 Å². The van der Waals surface area contributed by atoms with Gasteiger partial charge in [0.2, 0.25) is 5.91 Å². The predicted octanol–water partition coefficient (Wildman–Crippen LogP) is 4.62. The zero-order chi connectivity index (χ0) is 21.4. The number of aromatic nitrogens is 2. The van der Waals surface area contributed by atoms with E-state index >= 15 is 0 Å². The van der Waals surface area contributed by atoms with Crippen molar-refractivity contribution in [2.75, 3.05) is 5.75 Å². The van der Waals surface area contributed by atoms with Crippen LogP contribution in [0.2, 0.25) is 0 Å². The van der Waals surface area contributed by atoms with Crippen LogP contribution in [0.5, 0.6) is 0 Å². The average molecular weight is 480 g/mol.